The van der Waals surface area contributed by atoms with Gasteiger partial charge in [-0.05, 0) is 31.4 Å². The zero-order valence-electron chi connectivity index (χ0n) is 13.1. The number of carboxylic acids is 1. The second-order valence-corrected chi connectivity index (χ2v) is 5.48. The maximum Gasteiger partial charge on any atom is 0.306 e. The molecule has 1 aromatic rings. The van der Waals surface area contributed by atoms with Gasteiger partial charge in [0.25, 0.3) is 5.91 Å². The van der Waals surface area contributed by atoms with Crippen molar-refractivity contribution in [3.63, 3.8) is 0 Å². The summed E-state index contributed by atoms with van der Waals surface area (Å²) in [5, 5.41) is 11.9. The highest BCUT2D eigenvalue weighted by Crippen LogP contribution is 2.28. The molecule has 2 atom stereocenters. The zero-order chi connectivity index (χ0) is 16.8. The van der Waals surface area contributed by atoms with Crippen LogP contribution in [-0.2, 0) is 4.79 Å². The summed E-state index contributed by atoms with van der Waals surface area (Å²) in [7, 11) is 1.54. The normalized spacial score (nSPS) is 19.9. The average molecular weight is 319 g/mol. The van der Waals surface area contributed by atoms with Crippen molar-refractivity contribution >= 4 is 11.9 Å². The number of carbonyl (C=O) groups excluding carboxylic acids is 1. The number of carboxylic acid groups (broad SMARTS) is 1. The molecule has 0 aliphatic heterocycles. The first-order valence-corrected chi connectivity index (χ1v) is 7.50. The van der Waals surface area contributed by atoms with Gasteiger partial charge >= 0.3 is 5.97 Å². The molecular weight excluding hydrogens is 298 g/mol. The van der Waals surface area contributed by atoms with E-state index < -0.39 is 5.97 Å². The summed E-state index contributed by atoms with van der Waals surface area (Å²) >= 11 is 0. The van der Waals surface area contributed by atoms with Gasteiger partial charge in [-0.25, -0.2) is 0 Å². The molecule has 1 amide bonds. The van der Waals surface area contributed by atoms with E-state index in [4.69, 9.17) is 14.6 Å². The van der Waals surface area contributed by atoms with E-state index >= 15 is 0 Å². The van der Waals surface area contributed by atoms with Crippen LogP contribution in [0.1, 0.15) is 29.6 Å². The van der Waals surface area contributed by atoms with E-state index in [0.717, 1.165) is 0 Å². The minimum atomic E-state index is -0.804. The van der Waals surface area contributed by atoms with E-state index in [1.807, 2.05) is 0 Å². The van der Waals surface area contributed by atoms with E-state index in [-0.39, 0.29) is 24.5 Å². The Bertz CT molecular complexity index is 599. The number of aliphatic carboxylic acids is 1. The van der Waals surface area contributed by atoms with Gasteiger partial charge in [-0.15, -0.1) is 0 Å². The number of amides is 1. The molecule has 2 N–H and O–H groups in total. The number of carbonyl (C=O) groups is 2. The summed E-state index contributed by atoms with van der Waals surface area (Å²) in [5.41, 5.74) is 0.395. The van der Waals surface area contributed by atoms with Crippen molar-refractivity contribution in [2.24, 2.45) is 5.92 Å². The van der Waals surface area contributed by atoms with Crippen molar-refractivity contribution in [2.75, 3.05) is 13.7 Å². The molecule has 124 valence electrons. The lowest BCUT2D eigenvalue weighted by atomic mass is 10.1. The Labute approximate surface area is 135 Å². The van der Waals surface area contributed by atoms with Gasteiger partial charge in [0, 0.05) is 12.1 Å². The highest BCUT2D eigenvalue weighted by atomic mass is 16.5. The molecule has 23 heavy (non-hydrogen) atoms. The molecule has 2 rings (SSSR count). The standard InChI is InChI=1S/C17H21NO5/c1-3-8-23-15-10-13(22-2)6-7-14(15)16(19)18-12-5-4-11(9-12)17(20)21/h3,6-7,10-12H,1,4-5,8-9H2,2H3,(H,18,19)(H,20,21)/t11-,12+/m1/s1. The first-order valence-electron chi connectivity index (χ1n) is 7.50. The molecule has 6 nitrogen and oxygen atoms in total. The maximum atomic E-state index is 12.5. The number of ether oxygens (including phenoxy) is 2. The maximum absolute atomic E-state index is 12.5. The average Bonchev–Trinajstić information content (AvgIpc) is 3.01. The molecule has 0 spiro atoms. The summed E-state index contributed by atoms with van der Waals surface area (Å²) in [4.78, 5) is 23.4. The molecule has 0 unspecified atom stereocenters. The molecule has 0 radical (unpaired) electrons. The van der Waals surface area contributed by atoms with Crippen LogP contribution in [0, 0.1) is 5.92 Å². The Kier molecular flexibility index (Phi) is 5.62. The van der Waals surface area contributed by atoms with Crippen LogP contribution >= 0.6 is 0 Å². The Hall–Kier alpha value is -2.50. The summed E-state index contributed by atoms with van der Waals surface area (Å²) in [6.07, 6.45) is 3.31. The minimum absolute atomic E-state index is 0.127. The number of benzene rings is 1. The fraction of sp³-hybridized carbons (Fsp3) is 0.412. The van der Waals surface area contributed by atoms with Crippen LogP contribution < -0.4 is 14.8 Å². The number of hydrogen-bond donors (Lipinski definition) is 2. The molecule has 0 aromatic heterocycles. The Balaban J connectivity index is 2.09. The molecule has 0 heterocycles. The van der Waals surface area contributed by atoms with E-state index in [2.05, 4.69) is 11.9 Å². The molecule has 1 saturated carbocycles. The van der Waals surface area contributed by atoms with Crippen LogP contribution in [0.15, 0.2) is 30.9 Å². The largest absolute Gasteiger partial charge is 0.497 e. The van der Waals surface area contributed by atoms with Gasteiger partial charge in [0.2, 0.25) is 0 Å². The molecule has 0 saturated heterocycles. The van der Waals surface area contributed by atoms with Crippen molar-refractivity contribution in [1.82, 2.24) is 5.32 Å². The lowest BCUT2D eigenvalue weighted by Crippen LogP contribution is -2.33. The quantitative estimate of drug-likeness (QED) is 0.753. The third kappa shape index (κ3) is 4.25. The van der Waals surface area contributed by atoms with Gasteiger partial charge in [0.1, 0.15) is 18.1 Å². The molecule has 0 bridgehead atoms. The summed E-state index contributed by atoms with van der Waals surface area (Å²) < 4.78 is 10.7. The topological polar surface area (TPSA) is 84.9 Å². The van der Waals surface area contributed by atoms with Gasteiger partial charge in [-0.2, -0.15) is 0 Å². The van der Waals surface area contributed by atoms with Gasteiger partial charge in [0.05, 0.1) is 18.6 Å². The number of nitrogens with one attached hydrogen (secondary N) is 1. The van der Waals surface area contributed by atoms with Crippen LogP contribution in [0.4, 0.5) is 0 Å². The smallest absolute Gasteiger partial charge is 0.306 e. The van der Waals surface area contributed by atoms with Gasteiger partial charge in [-0.3, -0.25) is 9.59 Å². The number of methoxy groups -OCH3 is 1. The SMILES string of the molecule is C=CCOc1cc(OC)ccc1C(=O)N[C@H]1CC[C@@H](C(=O)O)C1. The van der Waals surface area contributed by atoms with Crippen LogP contribution in [0.3, 0.4) is 0 Å². The van der Waals surface area contributed by atoms with Crippen molar-refractivity contribution in [3.8, 4) is 11.5 Å². The zero-order valence-corrected chi connectivity index (χ0v) is 13.1. The third-order valence-corrected chi connectivity index (χ3v) is 3.91. The van der Waals surface area contributed by atoms with Crippen molar-refractivity contribution < 1.29 is 24.2 Å². The summed E-state index contributed by atoms with van der Waals surface area (Å²) in [6.45, 7) is 3.86. The number of hydrogen-bond acceptors (Lipinski definition) is 4. The molecule has 6 heteroatoms. The second-order valence-electron chi connectivity index (χ2n) is 5.48. The molecule has 1 fully saturated rings. The van der Waals surface area contributed by atoms with Crippen molar-refractivity contribution in [3.05, 3.63) is 36.4 Å². The Morgan fingerprint density at radius 1 is 1.43 bits per heavy atom. The van der Waals surface area contributed by atoms with Crippen LogP contribution in [-0.4, -0.2) is 36.7 Å². The van der Waals surface area contributed by atoms with Crippen LogP contribution in [0.2, 0.25) is 0 Å². The monoisotopic (exact) mass is 319 g/mol. The van der Waals surface area contributed by atoms with Crippen LogP contribution in [0.25, 0.3) is 0 Å². The lowest BCUT2D eigenvalue weighted by Gasteiger charge is -2.15. The minimum Gasteiger partial charge on any atom is -0.497 e. The highest BCUT2D eigenvalue weighted by molar-refractivity contribution is 5.97. The van der Waals surface area contributed by atoms with E-state index in [1.165, 1.54) is 7.11 Å². The molecule has 1 aliphatic carbocycles. The predicted octanol–water partition coefficient (Wildman–Crippen LogP) is 2.24. The fourth-order valence-electron chi connectivity index (χ4n) is 2.69. The van der Waals surface area contributed by atoms with Crippen LogP contribution in [0.5, 0.6) is 11.5 Å². The van der Waals surface area contributed by atoms with Gasteiger partial charge < -0.3 is 19.9 Å². The van der Waals surface area contributed by atoms with Crippen molar-refractivity contribution in [1.29, 1.82) is 0 Å². The Morgan fingerprint density at radius 3 is 2.83 bits per heavy atom. The molecule has 1 aromatic carbocycles. The Morgan fingerprint density at radius 2 is 2.22 bits per heavy atom. The van der Waals surface area contributed by atoms with Gasteiger partial charge in [0.15, 0.2) is 0 Å². The van der Waals surface area contributed by atoms with E-state index in [1.54, 1.807) is 24.3 Å². The third-order valence-electron chi connectivity index (χ3n) is 3.91. The highest BCUT2D eigenvalue weighted by Gasteiger charge is 2.31. The first kappa shape index (κ1) is 16.9. The molecular formula is C17H21NO5. The van der Waals surface area contributed by atoms with Gasteiger partial charge in [-0.1, -0.05) is 12.7 Å². The van der Waals surface area contributed by atoms with E-state index in [9.17, 15) is 9.59 Å². The van der Waals surface area contributed by atoms with Crippen molar-refractivity contribution in [2.45, 2.75) is 25.3 Å². The number of rotatable bonds is 7. The summed E-state index contributed by atoms with van der Waals surface area (Å²) in [6, 6.07) is 4.84. The lowest BCUT2D eigenvalue weighted by molar-refractivity contribution is -0.141. The molecule has 1 aliphatic rings. The van der Waals surface area contributed by atoms with E-state index in [0.29, 0.717) is 36.3 Å². The predicted molar refractivity (Wildman–Crippen MR) is 84.9 cm³/mol. The summed E-state index contributed by atoms with van der Waals surface area (Å²) in [5.74, 6) is -0.460. The first-order chi connectivity index (χ1) is 11.0. The fourth-order valence-corrected chi connectivity index (χ4v) is 2.69. The second kappa shape index (κ2) is 7.67.